The van der Waals surface area contributed by atoms with Crippen LogP contribution < -0.4 is 0 Å². The number of rotatable bonds is 3. The number of hydrogen-bond acceptors (Lipinski definition) is 4. The summed E-state index contributed by atoms with van der Waals surface area (Å²) < 4.78 is 23.9. The Labute approximate surface area is 80.8 Å². The molecule has 2 rings (SSSR count). The molecule has 2 heterocycles. The van der Waals surface area contributed by atoms with Gasteiger partial charge in [0, 0.05) is 13.0 Å². The maximum absolute atomic E-state index is 13.4. The first kappa shape index (κ1) is 9.54. The molecule has 1 aliphatic heterocycles. The van der Waals surface area contributed by atoms with Crippen LogP contribution in [0.2, 0.25) is 0 Å². The van der Waals surface area contributed by atoms with E-state index in [1.807, 2.05) is 6.92 Å². The minimum atomic E-state index is -1.11. The second-order valence-corrected chi connectivity index (χ2v) is 3.01. The summed E-state index contributed by atoms with van der Waals surface area (Å²) in [4.78, 5) is 1.23. The molecular weight excluding hydrogens is 189 g/mol. The van der Waals surface area contributed by atoms with E-state index >= 15 is 0 Å². The van der Waals surface area contributed by atoms with Gasteiger partial charge in [0.2, 0.25) is 6.23 Å². The molecule has 1 saturated heterocycles. The smallest absolute Gasteiger partial charge is 0.203 e. The summed E-state index contributed by atoms with van der Waals surface area (Å²) >= 11 is 0. The van der Waals surface area contributed by atoms with Crippen molar-refractivity contribution in [2.75, 3.05) is 6.61 Å². The van der Waals surface area contributed by atoms with Crippen LogP contribution in [-0.4, -0.2) is 34.1 Å². The number of ether oxygens (including phenoxy) is 2. The highest BCUT2D eigenvalue weighted by atomic mass is 19.1. The fourth-order valence-corrected chi connectivity index (χ4v) is 1.45. The summed E-state index contributed by atoms with van der Waals surface area (Å²) in [6.07, 6.45) is 0.875. The van der Waals surface area contributed by atoms with E-state index in [1.165, 1.54) is 17.2 Å². The predicted molar refractivity (Wildman–Crippen MR) is 45.1 cm³/mol. The van der Waals surface area contributed by atoms with Crippen molar-refractivity contribution >= 4 is 0 Å². The Hall–Kier alpha value is -1.01. The van der Waals surface area contributed by atoms with Crippen LogP contribution in [0.1, 0.15) is 19.6 Å². The standard InChI is InChI=1S/C8H12FN3O2/c1-2-13-7-5-6(9)8(14-7)12-10-3-4-11-12/h3-4,6-8H,2,5H2,1H3. The molecule has 0 spiro atoms. The van der Waals surface area contributed by atoms with E-state index in [1.54, 1.807) is 0 Å². The van der Waals surface area contributed by atoms with Crippen LogP contribution in [0.3, 0.4) is 0 Å². The van der Waals surface area contributed by atoms with Crippen LogP contribution in [-0.2, 0) is 9.47 Å². The normalized spacial score (nSPS) is 32.3. The highest BCUT2D eigenvalue weighted by molar-refractivity contribution is 4.75. The van der Waals surface area contributed by atoms with Gasteiger partial charge >= 0.3 is 0 Å². The lowest BCUT2D eigenvalue weighted by molar-refractivity contribution is -0.155. The van der Waals surface area contributed by atoms with Crippen molar-refractivity contribution in [1.82, 2.24) is 15.0 Å². The Morgan fingerprint density at radius 3 is 2.93 bits per heavy atom. The van der Waals surface area contributed by atoms with Crippen LogP contribution in [0.5, 0.6) is 0 Å². The van der Waals surface area contributed by atoms with Gasteiger partial charge in [0.15, 0.2) is 12.5 Å². The van der Waals surface area contributed by atoms with Crippen molar-refractivity contribution < 1.29 is 13.9 Å². The molecule has 5 nitrogen and oxygen atoms in total. The maximum atomic E-state index is 13.4. The minimum Gasteiger partial charge on any atom is -0.353 e. The third-order valence-corrected chi connectivity index (χ3v) is 2.04. The monoisotopic (exact) mass is 201 g/mol. The summed E-state index contributed by atoms with van der Waals surface area (Å²) in [7, 11) is 0. The van der Waals surface area contributed by atoms with Crippen molar-refractivity contribution in [1.29, 1.82) is 0 Å². The first-order chi connectivity index (χ1) is 6.81. The molecule has 1 aliphatic rings. The average Bonchev–Trinajstić information content (AvgIpc) is 2.74. The van der Waals surface area contributed by atoms with Crippen molar-refractivity contribution in [3.05, 3.63) is 12.4 Å². The van der Waals surface area contributed by atoms with Gasteiger partial charge in [0.05, 0.1) is 12.4 Å². The van der Waals surface area contributed by atoms with Gasteiger partial charge in [0.1, 0.15) is 0 Å². The summed E-state index contributed by atoms with van der Waals surface area (Å²) in [5.41, 5.74) is 0. The van der Waals surface area contributed by atoms with Crippen molar-refractivity contribution in [3.63, 3.8) is 0 Å². The van der Waals surface area contributed by atoms with Crippen LogP contribution in [0.4, 0.5) is 4.39 Å². The van der Waals surface area contributed by atoms with E-state index in [9.17, 15) is 4.39 Å². The highest BCUT2D eigenvalue weighted by Gasteiger charge is 2.38. The van der Waals surface area contributed by atoms with Gasteiger partial charge in [-0.25, -0.2) is 4.39 Å². The molecule has 6 heteroatoms. The first-order valence-corrected chi connectivity index (χ1v) is 4.58. The van der Waals surface area contributed by atoms with Crippen LogP contribution in [0.15, 0.2) is 12.4 Å². The molecule has 3 unspecified atom stereocenters. The molecule has 14 heavy (non-hydrogen) atoms. The molecule has 0 N–H and O–H groups in total. The molecule has 3 atom stereocenters. The van der Waals surface area contributed by atoms with E-state index < -0.39 is 18.7 Å². The molecule has 0 saturated carbocycles. The lowest BCUT2D eigenvalue weighted by atomic mass is 10.3. The third kappa shape index (κ3) is 1.76. The van der Waals surface area contributed by atoms with Crippen molar-refractivity contribution in [3.8, 4) is 0 Å². The Kier molecular flexibility index (Phi) is 2.74. The van der Waals surface area contributed by atoms with Gasteiger partial charge in [-0.2, -0.15) is 15.0 Å². The van der Waals surface area contributed by atoms with Crippen LogP contribution in [0.25, 0.3) is 0 Å². The summed E-state index contributed by atoms with van der Waals surface area (Å²) in [5, 5.41) is 7.66. The van der Waals surface area contributed by atoms with Gasteiger partial charge in [-0.1, -0.05) is 0 Å². The summed E-state index contributed by atoms with van der Waals surface area (Å²) in [6, 6.07) is 0. The summed E-state index contributed by atoms with van der Waals surface area (Å²) in [5.74, 6) is 0. The summed E-state index contributed by atoms with van der Waals surface area (Å²) in [6.45, 7) is 2.35. The van der Waals surface area contributed by atoms with Crippen molar-refractivity contribution in [2.24, 2.45) is 0 Å². The number of halogens is 1. The number of aromatic nitrogens is 3. The first-order valence-electron chi connectivity index (χ1n) is 4.58. The van der Waals surface area contributed by atoms with E-state index in [2.05, 4.69) is 10.2 Å². The van der Waals surface area contributed by atoms with E-state index in [0.29, 0.717) is 6.61 Å². The minimum absolute atomic E-state index is 0.236. The van der Waals surface area contributed by atoms with E-state index in [-0.39, 0.29) is 6.42 Å². The fraction of sp³-hybridized carbons (Fsp3) is 0.750. The second-order valence-electron chi connectivity index (χ2n) is 3.01. The topological polar surface area (TPSA) is 49.2 Å². The van der Waals surface area contributed by atoms with Crippen LogP contribution >= 0.6 is 0 Å². The van der Waals surface area contributed by atoms with Gasteiger partial charge < -0.3 is 9.47 Å². The van der Waals surface area contributed by atoms with Gasteiger partial charge in [-0.15, -0.1) is 0 Å². The largest absolute Gasteiger partial charge is 0.353 e. The number of alkyl halides is 1. The Morgan fingerprint density at radius 1 is 1.57 bits per heavy atom. The molecule has 1 aromatic heterocycles. The second kappa shape index (κ2) is 4.02. The molecule has 0 aromatic carbocycles. The molecule has 0 bridgehead atoms. The van der Waals surface area contributed by atoms with Gasteiger partial charge in [-0.3, -0.25) is 0 Å². The highest BCUT2D eigenvalue weighted by Crippen LogP contribution is 2.30. The van der Waals surface area contributed by atoms with E-state index in [0.717, 1.165) is 0 Å². The Bertz CT molecular complexity index is 280. The zero-order valence-corrected chi connectivity index (χ0v) is 7.84. The average molecular weight is 201 g/mol. The fourth-order valence-electron chi connectivity index (χ4n) is 1.45. The molecule has 0 radical (unpaired) electrons. The molecule has 1 aromatic rings. The lowest BCUT2D eigenvalue weighted by Gasteiger charge is -2.12. The molecular formula is C8H12FN3O2. The molecule has 78 valence electrons. The predicted octanol–water partition coefficient (Wildman–Crippen LogP) is 0.898. The zero-order chi connectivity index (χ0) is 9.97. The zero-order valence-electron chi connectivity index (χ0n) is 7.84. The SMILES string of the molecule is CCOC1CC(F)C(n2nccn2)O1. The third-order valence-electron chi connectivity index (χ3n) is 2.04. The Balaban J connectivity index is 2.01. The Morgan fingerprint density at radius 2 is 2.29 bits per heavy atom. The number of nitrogens with zero attached hydrogens (tertiary/aromatic N) is 3. The van der Waals surface area contributed by atoms with Crippen molar-refractivity contribution in [2.45, 2.75) is 32.0 Å². The lowest BCUT2D eigenvalue weighted by Crippen LogP contribution is -2.19. The van der Waals surface area contributed by atoms with Gasteiger partial charge in [0.25, 0.3) is 0 Å². The van der Waals surface area contributed by atoms with Gasteiger partial charge in [-0.05, 0) is 6.92 Å². The molecule has 1 fully saturated rings. The maximum Gasteiger partial charge on any atom is 0.203 e. The molecule has 0 amide bonds. The van der Waals surface area contributed by atoms with E-state index in [4.69, 9.17) is 9.47 Å². The molecule has 0 aliphatic carbocycles. The van der Waals surface area contributed by atoms with Crippen LogP contribution in [0, 0.1) is 0 Å². The number of hydrogen-bond donors (Lipinski definition) is 0. The quantitative estimate of drug-likeness (QED) is 0.729.